The average Bonchev–Trinajstić information content (AvgIpc) is 2.91. The zero-order chi connectivity index (χ0) is 14.7. The molecule has 3 N–H and O–H groups in total. The van der Waals surface area contributed by atoms with E-state index in [1.165, 1.54) is 6.07 Å². The quantitative estimate of drug-likeness (QED) is 0.861. The lowest BCUT2D eigenvalue weighted by atomic mass is 9.74. The predicted octanol–water partition coefficient (Wildman–Crippen LogP) is 4.17. The lowest BCUT2D eigenvalue weighted by Gasteiger charge is -2.34. The monoisotopic (exact) mass is 301 g/mol. The second-order valence-corrected chi connectivity index (χ2v) is 6.81. The van der Waals surface area contributed by atoms with Gasteiger partial charge in [-0.1, -0.05) is 11.6 Å². The first kappa shape index (κ1) is 14.1. The van der Waals surface area contributed by atoms with Gasteiger partial charge in [0.15, 0.2) is 11.6 Å². The van der Waals surface area contributed by atoms with Crippen molar-refractivity contribution < 1.29 is 13.9 Å². The summed E-state index contributed by atoms with van der Waals surface area (Å²) < 4.78 is 28.6. The van der Waals surface area contributed by atoms with Crippen LogP contribution in [0.4, 0.5) is 8.78 Å². The van der Waals surface area contributed by atoms with E-state index >= 15 is 0 Å². The van der Waals surface area contributed by atoms with Crippen LogP contribution >= 0.6 is 11.6 Å². The number of aromatic hydroxyl groups is 1. The van der Waals surface area contributed by atoms with Crippen LogP contribution in [-0.4, -0.2) is 10.8 Å². The first-order valence-electron chi connectivity index (χ1n) is 6.90. The van der Waals surface area contributed by atoms with E-state index in [0.717, 1.165) is 0 Å². The molecule has 0 aromatic heterocycles. The zero-order valence-electron chi connectivity index (χ0n) is 11.3. The molecule has 0 unspecified atom stereocenters. The van der Waals surface area contributed by atoms with Gasteiger partial charge in [0.2, 0.25) is 0 Å². The number of benzene rings is 1. The second-order valence-electron chi connectivity index (χ2n) is 6.40. The fourth-order valence-corrected chi connectivity index (χ4v) is 4.21. The van der Waals surface area contributed by atoms with Crippen LogP contribution in [0.3, 0.4) is 0 Å². The summed E-state index contributed by atoms with van der Waals surface area (Å²) in [6, 6.07) is 0.551. The van der Waals surface area contributed by atoms with Gasteiger partial charge in [0, 0.05) is 22.7 Å². The topological polar surface area (TPSA) is 46.2 Å². The van der Waals surface area contributed by atoms with Crippen LogP contribution in [0.2, 0.25) is 5.02 Å². The molecule has 1 aromatic rings. The van der Waals surface area contributed by atoms with Crippen molar-refractivity contribution in [2.24, 2.45) is 11.1 Å². The summed E-state index contributed by atoms with van der Waals surface area (Å²) in [6.07, 6.45) is 2.70. The Labute approximate surface area is 121 Å². The number of halogens is 3. The maximum absolute atomic E-state index is 14.3. The lowest BCUT2D eigenvalue weighted by Crippen LogP contribution is -2.32. The third-order valence-electron chi connectivity index (χ3n) is 5.27. The molecule has 0 heterocycles. The van der Waals surface area contributed by atoms with Crippen molar-refractivity contribution in [3.63, 3.8) is 0 Å². The smallest absolute Gasteiger partial charge is 0.169 e. The summed E-state index contributed by atoms with van der Waals surface area (Å²) in [7, 11) is 0. The third kappa shape index (κ3) is 1.85. The largest absolute Gasteiger partial charge is 0.505 e. The molecular weight excluding hydrogens is 284 g/mol. The molecule has 110 valence electrons. The van der Waals surface area contributed by atoms with E-state index in [-0.39, 0.29) is 10.6 Å². The molecule has 2 fully saturated rings. The fourth-order valence-electron chi connectivity index (χ4n) is 4.00. The van der Waals surface area contributed by atoms with E-state index in [1.807, 2.05) is 0 Å². The van der Waals surface area contributed by atoms with E-state index in [1.54, 1.807) is 6.92 Å². The number of alkyl halides is 1. The summed E-state index contributed by atoms with van der Waals surface area (Å²) in [6.45, 7) is 1.68. The number of nitrogens with two attached hydrogens (primary N) is 1. The molecule has 2 saturated carbocycles. The van der Waals surface area contributed by atoms with Crippen molar-refractivity contribution in [2.75, 3.05) is 0 Å². The van der Waals surface area contributed by atoms with Crippen molar-refractivity contribution in [1.29, 1.82) is 0 Å². The maximum atomic E-state index is 14.3. The Morgan fingerprint density at radius 3 is 2.45 bits per heavy atom. The van der Waals surface area contributed by atoms with Crippen molar-refractivity contribution in [3.8, 4) is 5.75 Å². The summed E-state index contributed by atoms with van der Waals surface area (Å²) in [5.74, 6) is -1.22. The van der Waals surface area contributed by atoms with Crippen LogP contribution < -0.4 is 5.73 Å². The van der Waals surface area contributed by atoms with Crippen LogP contribution in [0.5, 0.6) is 5.75 Å². The molecule has 1 atom stereocenters. The van der Waals surface area contributed by atoms with E-state index in [9.17, 15) is 13.9 Å². The Balaban J connectivity index is 2.06. The van der Waals surface area contributed by atoms with Gasteiger partial charge in [-0.25, -0.2) is 8.78 Å². The molecule has 0 saturated heterocycles. The average molecular weight is 302 g/mol. The van der Waals surface area contributed by atoms with Crippen LogP contribution in [-0.2, 0) is 0 Å². The van der Waals surface area contributed by atoms with Gasteiger partial charge in [-0.3, -0.25) is 0 Å². The lowest BCUT2D eigenvalue weighted by molar-refractivity contribution is 0.175. The Bertz CT molecular complexity index is 541. The van der Waals surface area contributed by atoms with E-state index in [4.69, 9.17) is 17.3 Å². The molecule has 0 radical (unpaired) electrons. The number of phenols is 1. The Morgan fingerprint density at radius 1 is 1.35 bits per heavy atom. The molecular formula is C15H18ClF2NO. The molecule has 3 rings (SSSR count). The van der Waals surface area contributed by atoms with Crippen LogP contribution in [0.25, 0.3) is 0 Å². The van der Waals surface area contributed by atoms with E-state index in [2.05, 4.69) is 0 Å². The molecule has 5 heteroatoms. The molecule has 20 heavy (non-hydrogen) atoms. The molecule has 2 bridgehead atoms. The van der Waals surface area contributed by atoms with Crippen LogP contribution in [0.1, 0.15) is 49.3 Å². The highest BCUT2D eigenvalue weighted by Gasteiger charge is 2.58. The van der Waals surface area contributed by atoms with Crippen molar-refractivity contribution in [1.82, 2.24) is 0 Å². The van der Waals surface area contributed by atoms with Gasteiger partial charge >= 0.3 is 0 Å². The fraction of sp³-hybridized carbons (Fsp3) is 0.600. The Kier molecular flexibility index (Phi) is 3.04. The van der Waals surface area contributed by atoms with E-state index < -0.39 is 28.7 Å². The highest BCUT2D eigenvalue weighted by Crippen LogP contribution is 2.63. The molecule has 1 aromatic carbocycles. The number of rotatable bonds is 2. The molecule has 2 aliphatic carbocycles. The molecule has 0 aliphatic heterocycles. The number of hydrogen-bond donors (Lipinski definition) is 2. The number of hydrogen-bond acceptors (Lipinski definition) is 2. The summed E-state index contributed by atoms with van der Waals surface area (Å²) >= 11 is 6.01. The van der Waals surface area contributed by atoms with E-state index in [0.29, 0.717) is 37.7 Å². The van der Waals surface area contributed by atoms with Gasteiger partial charge in [-0.05, 0) is 50.0 Å². The third-order valence-corrected chi connectivity index (χ3v) is 5.66. The van der Waals surface area contributed by atoms with Crippen LogP contribution in [0.15, 0.2) is 6.07 Å². The standard InChI is InChI=1S/C15H18ClF2NO/c1-8-9(16)6-10(20)12(17)11(8)13(19)14-2-4-15(18,7-14)5-3-14/h6,13,20H,2-5,7,19H2,1H3/t13-,14?,15?/m1/s1. The highest BCUT2D eigenvalue weighted by atomic mass is 35.5. The number of phenolic OH excluding ortho intramolecular Hbond substituents is 1. The van der Waals surface area contributed by atoms with Gasteiger partial charge in [0.05, 0.1) is 0 Å². The van der Waals surface area contributed by atoms with Gasteiger partial charge < -0.3 is 10.8 Å². The maximum Gasteiger partial charge on any atom is 0.169 e. The van der Waals surface area contributed by atoms with Crippen molar-refractivity contribution >= 4 is 11.6 Å². The number of fused-ring (bicyclic) bond motifs is 2. The SMILES string of the molecule is Cc1c(Cl)cc(O)c(F)c1[C@@H](N)C12CCC(F)(CC1)C2. The molecule has 2 aliphatic rings. The molecule has 2 nitrogen and oxygen atoms in total. The van der Waals surface area contributed by atoms with Gasteiger partial charge in [0.25, 0.3) is 0 Å². The van der Waals surface area contributed by atoms with Crippen molar-refractivity contribution in [3.05, 3.63) is 28.0 Å². The minimum absolute atomic E-state index is 0.237. The molecule has 0 amide bonds. The van der Waals surface area contributed by atoms with Gasteiger partial charge in [-0.2, -0.15) is 0 Å². The first-order chi connectivity index (χ1) is 9.28. The Hall–Kier alpha value is -0.870. The summed E-state index contributed by atoms with van der Waals surface area (Å²) in [4.78, 5) is 0. The summed E-state index contributed by atoms with van der Waals surface area (Å²) in [5.41, 5.74) is 5.52. The first-order valence-corrected chi connectivity index (χ1v) is 7.28. The highest BCUT2D eigenvalue weighted by molar-refractivity contribution is 6.31. The normalized spacial score (nSPS) is 33.6. The van der Waals surface area contributed by atoms with Gasteiger partial charge in [0.1, 0.15) is 5.67 Å². The summed E-state index contributed by atoms with van der Waals surface area (Å²) in [5, 5.41) is 9.91. The van der Waals surface area contributed by atoms with Gasteiger partial charge in [-0.15, -0.1) is 0 Å². The van der Waals surface area contributed by atoms with Crippen molar-refractivity contribution in [2.45, 2.75) is 50.7 Å². The molecule has 0 spiro atoms. The Morgan fingerprint density at radius 2 is 1.95 bits per heavy atom. The van der Waals surface area contributed by atoms with Crippen LogP contribution in [0, 0.1) is 18.2 Å². The second kappa shape index (κ2) is 4.31. The zero-order valence-corrected chi connectivity index (χ0v) is 12.1. The predicted molar refractivity (Wildman–Crippen MR) is 74.1 cm³/mol. The minimum Gasteiger partial charge on any atom is -0.505 e. The minimum atomic E-state index is -1.14.